The van der Waals surface area contributed by atoms with Crippen molar-refractivity contribution in [2.75, 3.05) is 16.1 Å². The number of nitrogens with zero attached hydrogens (tertiary/aromatic N) is 1. The fraction of sp³-hybridized carbons (Fsp3) is 0.0625. The van der Waals surface area contributed by atoms with E-state index in [1.165, 1.54) is 4.70 Å². The van der Waals surface area contributed by atoms with Gasteiger partial charge in [-0.25, -0.2) is 4.79 Å². The van der Waals surface area contributed by atoms with E-state index >= 15 is 0 Å². The first-order valence-electron chi connectivity index (χ1n) is 6.60. The Kier molecular flexibility index (Phi) is 3.09. The lowest BCUT2D eigenvalue weighted by atomic mass is 10.3. The summed E-state index contributed by atoms with van der Waals surface area (Å²) in [4.78, 5) is 15.4. The predicted octanol–water partition coefficient (Wildman–Crippen LogP) is 5.00. The molecule has 0 aliphatic carbocycles. The maximum Gasteiger partial charge on any atom is 0.327 e. The average molecular weight is 312 g/mol. The molecule has 1 aromatic heterocycles. The van der Waals surface area contributed by atoms with E-state index in [2.05, 4.69) is 17.4 Å². The molecule has 0 atom stereocenters. The number of benzene rings is 2. The Morgan fingerprint density at radius 1 is 1.10 bits per heavy atom. The van der Waals surface area contributed by atoms with Gasteiger partial charge in [-0.1, -0.05) is 30.3 Å². The summed E-state index contributed by atoms with van der Waals surface area (Å²) in [6, 6.07) is 18.1. The molecule has 0 radical (unpaired) electrons. The molecular weight excluding hydrogens is 300 g/mol. The molecule has 0 saturated heterocycles. The number of rotatable bonds is 1. The third kappa shape index (κ3) is 2.28. The molecule has 21 heavy (non-hydrogen) atoms. The van der Waals surface area contributed by atoms with Crippen molar-refractivity contribution in [2.24, 2.45) is 0 Å². The van der Waals surface area contributed by atoms with Gasteiger partial charge in [-0.05, 0) is 29.7 Å². The van der Waals surface area contributed by atoms with Crippen LogP contribution in [0.3, 0.4) is 0 Å². The zero-order valence-corrected chi connectivity index (χ0v) is 12.7. The molecule has 4 rings (SSSR count). The summed E-state index contributed by atoms with van der Waals surface area (Å²) in [5, 5.41) is 5.05. The van der Waals surface area contributed by atoms with Gasteiger partial charge in [0.2, 0.25) is 0 Å². The SMILES string of the molecule is O=C(Nc1cc2ccccc2s1)N1CSc2ccccc21. The number of thiophene rings is 1. The van der Waals surface area contributed by atoms with Crippen LogP contribution in [-0.4, -0.2) is 11.9 Å². The third-order valence-corrected chi connectivity index (χ3v) is 5.48. The lowest BCUT2D eigenvalue weighted by Gasteiger charge is -2.16. The first-order chi connectivity index (χ1) is 10.3. The summed E-state index contributed by atoms with van der Waals surface area (Å²) in [5.41, 5.74) is 0.987. The summed E-state index contributed by atoms with van der Waals surface area (Å²) in [6.07, 6.45) is 0. The predicted molar refractivity (Wildman–Crippen MR) is 90.5 cm³/mol. The number of fused-ring (bicyclic) bond motifs is 2. The molecule has 1 N–H and O–H groups in total. The van der Waals surface area contributed by atoms with Crippen LogP contribution in [0.15, 0.2) is 59.5 Å². The Balaban J connectivity index is 1.59. The quantitative estimate of drug-likeness (QED) is 0.685. The molecule has 1 aliphatic heterocycles. The van der Waals surface area contributed by atoms with E-state index in [1.807, 2.05) is 42.5 Å². The number of carbonyl (C=O) groups excluding carboxylic acids is 1. The minimum Gasteiger partial charge on any atom is -0.299 e. The maximum atomic E-state index is 12.5. The van der Waals surface area contributed by atoms with E-state index in [0.29, 0.717) is 5.88 Å². The first-order valence-corrected chi connectivity index (χ1v) is 8.40. The number of carbonyl (C=O) groups is 1. The first kappa shape index (κ1) is 12.7. The molecule has 1 aliphatic rings. The van der Waals surface area contributed by atoms with Gasteiger partial charge in [0.25, 0.3) is 0 Å². The van der Waals surface area contributed by atoms with Crippen molar-refractivity contribution in [3.05, 3.63) is 54.6 Å². The van der Waals surface area contributed by atoms with Gasteiger partial charge in [0.05, 0.1) is 16.6 Å². The van der Waals surface area contributed by atoms with Crippen molar-refractivity contribution < 1.29 is 4.79 Å². The highest BCUT2D eigenvalue weighted by atomic mass is 32.2. The van der Waals surface area contributed by atoms with Crippen LogP contribution in [0.5, 0.6) is 0 Å². The summed E-state index contributed by atoms with van der Waals surface area (Å²) in [7, 11) is 0. The van der Waals surface area contributed by atoms with E-state index in [0.717, 1.165) is 21.0 Å². The molecule has 0 saturated carbocycles. The molecule has 3 nitrogen and oxygen atoms in total. The third-order valence-electron chi connectivity index (χ3n) is 3.41. The van der Waals surface area contributed by atoms with Gasteiger partial charge in [-0.3, -0.25) is 10.2 Å². The van der Waals surface area contributed by atoms with E-state index in [9.17, 15) is 4.79 Å². The molecule has 2 amide bonds. The summed E-state index contributed by atoms with van der Waals surface area (Å²) < 4.78 is 1.18. The van der Waals surface area contributed by atoms with Crippen LogP contribution in [0.4, 0.5) is 15.5 Å². The van der Waals surface area contributed by atoms with Crippen molar-refractivity contribution in [1.29, 1.82) is 0 Å². The number of hydrogen-bond acceptors (Lipinski definition) is 3. The Morgan fingerprint density at radius 2 is 1.90 bits per heavy atom. The maximum absolute atomic E-state index is 12.5. The molecule has 0 unspecified atom stereocenters. The fourth-order valence-corrected chi connectivity index (χ4v) is 4.37. The summed E-state index contributed by atoms with van der Waals surface area (Å²) >= 11 is 3.29. The van der Waals surface area contributed by atoms with Crippen LogP contribution >= 0.6 is 23.1 Å². The summed E-state index contributed by atoms with van der Waals surface area (Å²) in [6.45, 7) is 0. The zero-order valence-electron chi connectivity index (χ0n) is 11.1. The summed E-state index contributed by atoms with van der Waals surface area (Å²) in [5.74, 6) is 0.663. The normalized spacial score (nSPS) is 13.4. The standard InChI is InChI=1S/C16H12N2OS2/c19-16(18-10-20-14-8-4-2-6-12(14)18)17-15-9-11-5-1-3-7-13(11)21-15/h1-9H,10H2,(H,17,19). The smallest absolute Gasteiger partial charge is 0.299 e. The number of amides is 2. The Labute approximate surface area is 130 Å². The number of para-hydroxylation sites is 1. The Morgan fingerprint density at radius 3 is 2.81 bits per heavy atom. The minimum atomic E-state index is -0.0704. The number of nitrogens with one attached hydrogen (secondary N) is 1. The number of thioether (sulfide) groups is 1. The molecular formula is C16H12N2OS2. The molecule has 3 aromatic rings. The van der Waals surface area contributed by atoms with E-state index in [-0.39, 0.29) is 6.03 Å². The van der Waals surface area contributed by atoms with Crippen LogP contribution in [0, 0.1) is 0 Å². The highest BCUT2D eigenvalue weighted by molar-refractivity contribution is 8.00. The van der Waals surface area contributed by atoms with Crippen molar-refractivity contribution in [3.63, 3.8) is 0 Å². The second kappa shape index (κ2) is 5.09. The van der Waals surface area contributed by atoms with Gasteiger partial charge in [0.1, 0.15) is 0 Å². The monoisotopic (exact) mass is 312 g/mol. The second-order valence-corrected chi connectivity index (χ2v) is 6.82. The number of urea groups is 1. The largest absolute Gasteiger partial charge is 0.327 e. The van der Waals surface area contributed by atoms with E-state index < -0.39 is 0 Å². The van der Waals surface area contributed by atoms with Crippen LogP contribution in [0.2, 0.25) is 0 Å². The van der Waals surface area contributed by atoms with Gasteiger partial charge in [-0.2, -0.15) is 0 Å². The van der Waals surface area contributed by atoms with E-state index in [1.54, 1.807) is 28.0 Å². The van der Waals surface area contributed by atoms with Crippen molar-refractivity contribution >= 4 is 49.9 Å². The van der Waals surface area contributed by atoms with Gasteiger partial charge >= 0.3 is 6.03 Å². The number of hydrogen-bond donors (Lipinski definition) is 1. The Hall–Kier alpha value is -1.98. The topological polar surface area (TPSA) is 32.3 Å². The number of anilines is 2. The lowest BCUT2D eigenvalue weighted by Crippen LogP contribution is -2.32. The molecule has 104 valence electrons. The highest BCUT2D eigenvalue weighted by Gasteiger charge is 2.25. The van der Waals surface area contributed by atoms with Gasteiger partial charge in [0, 0.05) is 9.60 Å². The van der Waals surface area contributed by atoms with Crippen molar-refractivity contribution in [1.82, 2.24) is 0 Å². The highest BCUT2D eigenvalue weighted by Crippen LogP contribution is 2.38. The molecule has 2 heterocycles. The minimum absolute atomic E-state index is 0.0704. The average Bonchev–Trinajstić information content (AvgIpc) is 3.10. The van der Waals surface area contributed by atoms with Gasteiger partial charge in [0.15, 0.2) is 0 Å². The van der Waals surface area contributed by atoms with Crippen molar-refractivity contribution in [3.8, 4) is 0 Å². The van der Waals surface area contributed by atoms with Crippen LogP contribution in [-0.2, 0) is 0 Å². The molecule has 0 fully saturated rings. The molecule has 2 aromatic carbocycles. The lowest BCUT2D eigenvalue weighted by molar-refractivity contribution is 0.258. The van der Waals surface area contributed by atoms with Crippen LogP contribution < -0.4 is 10.2 Å². The Bertz CT molecular complexity index is 795. The molecule has 5 heteroatoms. The van der Waals surface area contributed by atoms with Gasteiger partial charge < -0.3 is 0 Å². The molecule has 0 spiro atoms. The van der Waals surface area contributed by atoms with Crippen LogP contribution in [0.1, 0.15) is 0 Å². The zero-order chi connectivity index (χ0) is 14.2. The molecule has 0 bridgehead atoms. The van der Waals surface area contributed by atoms with Crippen molar-refractivity contribution in [2.45, 2.75) is 4.90 Å². The fourth-order valence-electron chi connectivity index (χ4n) is 2.39. The van der Waals surface area contributed by atoms with Crippen LogP contribution in [0.25, 0.3) is 10.1 Å². The van der Waals surface area contributed by atoms with E-state index in [4.69, 9.17) is 0 Å². The second-order valence-electron chi connectivity index (χ2n) is 4.75. The van der Waals surface area contributed by atoms with Gasteiger partial charge in [-0.15, -0.1) is 23.1 Å².